The number of rotatable bonds is 7. The Bertz CT molecular complexity index is 145. The third kappa shape index (κ3) is 9.15. The van der Waals surface area contributed by atoms with Crippen molar-refractivity contribution in [2.75, 3.05) is 0 Å². The summed E-state index contributed by atoms with van der Waals surface area (Å²) in [6.07, 6.45) is 14.4. The lowest BCUT2D eigenvalue weighted by molar-refractivity contribution is -0.107. The van der Waals surface area contributed by atoms with Crippen molar-refractivity contribution >= 4 is 6.29 Å². The Morgan fingerprint density at radius 3 is 1.83 bits per heavy atom. The molecule has 0 unspecified atom stereocenters. The van der Waals surface area contributed by atoms with Gasteiger partial charge in [-0.05, 0) is 25.7 Å². The number of allylic oxidation sites excluding steroid dienone is 4. The van der Waals surface area contributed by atoms with E-state index in [4.69, 9.17) is 0 Å². The molecule has 0 spiro atoms. The first kappa shape index (κ1) is 11.2. The summed E-state index contributed by atoms with van der Waals surface area (Å²) in [5, 5.41) is 0. The maximum absolute atomic E-state index is 9.93. The highest BCUT2D eigenvalue weighted by molar-refractivity contribution is 5.49. The molecule has 0 aromatic carbocycles. The maximum Gasteiger partial charge on any atom is 0.120 e. The van der Waals surface area contributed by atoms with E-state index in [0.717, 1.165) is 32.0 Å². The Labute approximate surface area is 75.2 Å². The summed E-state index contributed by atoms with van der Waals surface area (Å²) in [5.74, 6) is 0. The fourth-order valence-electron chi connectivity index (χ4n) is 0.877. The fraction of sp³-hybridized carbons (Fsp3) is 0.545. The summed E-state index contributed by atoms with van der Waals surface area (Å²) < 4.78 is 0. The van der Waals surface area contributed by atoms with Gasteiger partial charge >= 0.3 is 0 Å². The van der Waals surface area contributed by atoms with Crippen molar-refractivity contribution in [1.29, 1.82) is 0 Å². The molecular formula is C11H18O. The number of carbonyl (C=O) groups excluding carboxylic acids is 1. The van der Waals surface area contributed by atoms with Crippen LogP contribution in [0, 0.1) is 0 Å². The molecule has 12 heavy (non-hydrogen) atoms. The third-order valence-electron chi connectivity index (χ3n) is 1.52. The average molecular weight is 166 g/mol. The molecule has 1 nitrogen and oxygen atoms in total. The molecule has 0 saturated carbocycles. The van der Waals surface area contributed by atoms with Crippen LogP contribution in [0.5, 0.6) is 0 Å². The zero-order valence-electron chi connectivity index (χ0n) is 7.83. The van der Waals surface area contributed by atoms with Gasteiger partial charge in [0, 0.05) is 6.42 Å². The highest BCUT2D eigenvalue weighted by Gasteiger charge is 1.78. The van der Waals surface area contributed by atoms with Crippen LogP contribution in [0.4, 0.5) is 0 Å². The van der Waals surface area contributed by atoms with Crippen LogP contribution >= 0.6 is 0 Å². The number of unbranched alkanes of at least 4 members (excludes halogenated alkanes) is 2. The third-order valence-corrected chi connectivity index (χ3v) is 1.52. The summed E-state index contributed by atoms with van der Waals surface area (Å²) in [6.45, 7) is 2.14. The number of carbonyl (C=O) groups is 1. The Morgan fingerprint density at radius 2 is 1.33 bits per heavy atom. The van der Waals surface area contributed by atoms with Gasteiger partial charge < -0.3 is 4.79 Å². The number of hydrogen-bond acceptors (Lipinski definition) is 1. The topological polar surface area (TPSA) is 17.1 Å². The average Bonchev–Trinajstić information content (AvgIpc) is 2.10. The molecule has 0 heterocycles. The van der Waals surface area contributed by atoms with E-state index < -0.39 is 0 Å². The smallest absolute Gasteiger partial charge is 0.120 e. The van der Waals surface area contributed by atoms with Crippen molar-refractivity contribution in [3.8, 4) is 0 Å². The van der Waals surface area contributed by atoms with Gasteiger partial charge in [0.2, 0.25) is 0 Å². The molecule has 0 rings (SSSR count). The normalized spacial score (nSPS) is 11.4. The molecule has 0 fully saturated rings. The van der Waals surface area contributed by atoms with E-state index in [1.165, 1.54) is 0 Å². The standard InChI is InChI=1S/C11H18O/c1-2-3-4-5-6-7-8-9-10-11-12/h3-4,7-8,11H,2,5-6,9-10H2,1H3/b4-3+,8-7+. The Hall–Kier alpha value is -0.850. The summed E-state index contributed by atoms with van der Waals surface area (Å²) in [6, 6.07) is 0. The van der Waals surface area contributed by atoms with Gasteiger partial charge in [0.1, 0.15) is 6.29 Å². The lowest BCUT2D eigenvalue weighted by atomic mass is 10.2. The zero-order chi connectivity index (χ0) is 9.07. The first-order chi connectivity index (χ1) is 5.91. The second kappa shape index (κ2) is 10.2. The Balaban J connectivity index is 3.12. The second-order valence-corrected chi connectivity index (χ2v) is 2.67. The largest absolute Gasteiger partial charge is 0.303 e. The van der Waals surface area contributed by atoms with Gasteiger partial charge in [-0.3, -0.25) is 0 Å². The first-order valence-corrected chi connectivity index (χ1v) is 4.65. The van der Waals surface area contributed by atoms with Crippen LogP contribution in [0.25, 0.3) is 0 Å². The highest BCUT2D eigenvalue weighted by Crippen LogP contribution is 1.96. The number of aldehydes is 1. The SMILES string of the molecule is CC/C=C/CC/C=C/CCC=O. The first-order valence-electron chi connectivity index (χ1n) is 4.65. The van der Waals surface area contributed by atoms with Gasteiger partial charge in [-0.2, -0.15) is 0 Å². The minimum Gasteiger partial charge on any atom is -0.303 e. The van der Waals surface area contributed by atoms with Crippen LogP contribution in [0.15, 0.2) is 24.3 Å². The quantitative estimate of drug-likeness (QED) is 0.322. The van der Waals surface area contributed by atoms with Gasteiger partial charge in [0.25, 0.3) is 0 Å². The molecule has 0 bridgehead atoms. The van der Waals surface area contributed by atoms with Crippen LogP contribution in [0.3, 0.4) is 0 Å². The van der Waals surface area contributed by atoms with Gasteiger partial charge in [-0.25, -0.2) is 0 Å². The van der Waals surface area contributed by atoms with Crippen molar-refractivity contribution in [3.05, 3.63) is 24.3 Å². The lowest BCUT2D eigenvalue weighted by Crippen LogP contribution is -1.71. The van der Waals surface area contributed by atoms with Crippen LogP contribution in [-0.2, 0) is 4.79 Å². The lowest BCUT2D eigenvalue weighted by Gasteiger charge is -1.86. The molecule has 1 heteroatoms. The molecule has 0 aromatic heterocycles. The Morgan fingerprint density at radius 1 is 0.833 bits per heavy atom. The molecule has 0 atom stereocenters. The van der Waals surface area contributed by atoms with Crippen LogP contribution < -0.4 is 0 Å². The summed E-state index contributed by atoms with van der Waals surface area (Å²) in [4.78, 5) is 9.93. The predicted octanol–water partition coefficient (Wildman–Crippen LogP) is 3.27. The van der Waals surface area contributed by atoms with E-state index in [-0.39, 0.29) is 0 Å². The van der Waals surface area contributed by atoms with Gasteiger partial charge in [0.05, 0.1) is 0 Å². The van der Waals surface area contributed by atoms with Crippen molar-refractivity contribution in [3.63, 3.8) is 0 Å². The summed E-state index contributed by atoms with van der Waals surface area (Å²) in [7, 11) is 0. The molecular weight excluding hydrogens is 148 g/mol. The van der Waals surface area contributed by atoms with Crippen molar-refractivity contribution < 1.29 is 4.79 Å². The molecule has 0 N–H and O–H groups in total. The molecule has 0 saturated heterocycles. The maximum atomic E-state index is 9.93. The molecule has 0 aliphatic rings. The van der Waals surface area contributed by atoms with Gasteiger partial charge in [-0.15, -0.1) is 0 Å². The molecule has 0 radical (unpaired) electrons. The summed E-state index contributed by atoms with van der Waals surface area (Å²) in [5.41, 5.74) is 0. The fourth-order valence-corrected chi connectivity index (χ4v) is 0.877. The van der Waals surface area contributed by atoms with E-state index in [1.54, 1.807) is 0 Å². The van der Waals surface area contributed by atoms with Crippen molar-refractivity contribution in [2.24, 2.45) is 0 Å². The van der Waals surface area contributed by atoms with E-state index in [2.05, 4.69) is 31.2 Å². The second-order valence-electron chi connectivity index (χ2n) is 2.67. The molecule has 0 aromatic rings. The van der Waals surface area contributed by atoms with Crippen LogP contribution in [0.2, 0.25) is 0 Å². The van der Waals surface area contributed by atoms with Crippen LogP contribution in [-0.4, -0.2) is 6.29 Å². The molecule has 0 amide bonds. The zero-order valence-corrected chi connectivity index (χ0v) is 7.83. The molecule has 0 aliphatic carbocycles. The minimum absolute atomic E-state index is 0.654. The molecule has 68 valence electrons. The predicted molar refractivity (Wildman–Crippen MR) is 53.1 cm³/mol. The monoisotopic (exact) mass is 166 g/mol. The van der Waals surface area contributed by atoms with Crippen molar-refractivity contribution in [2.45, 2.75) is 39.0 Å². The van der Waals surface area contributed by atoms with E-state index in [1.807, 2.05) is 0 Å². The van der Waals surface area contributed by atoms with Crippen molar-refractivity contribution in [1.82, 2.24) is 0 Å². The highest BCUT2D eigenvalue weighted by atomic mass is 16.1. The molecule has 0 aliphatic heterocycles. The van der Waals surface area contributed by atoms with E-state index in [9.17, 15) is 4.79 Å². The van der Waals surface area contributed by atoms with E-state index >= 15 is 0 Å². The van der Waals surface area contributed by atoms with E-state index in [0.29, 0.717) is 6.42 Å². The Kier molecular flexibility index (Phi) is 9.43. The van der Waals surface area contributed by atoms with Gasteiger partial charge in [0.15, 0.2) is 0 Å². The van der Waals surface area contributed by atoms with Gasteiger partial charge in [-0.1, -0.05) is 31.2 Å². The number of hydrogen-bond donors (Lipinski definition) is 0. The van der Waals surface area contributed by atoms with Crippen LogP contribution in [0.1, 0.15) is 39.0 Å². The summed E-state index contributed by atoms with van der Waals surface area (Å²) >= 11 is 0. The minimum atomic E-state index is 0.654.